The number of aryl methyl sites for hydroxylation is 1. The van der Waals surface area contributed by atoms with Gasteiger partial charge in [-0.1, -0.05) is 54.1 Å². The van der Waals surface area contributed by atoms with Gasteiger partial charge in [0, 0.05) is 11.1 Å². The third kappa shape index (κ3) is 2.53. The SMILES string of the molecule is Cc1ccc([C@H]2OC3(C(=O)c4ccccc4C3=O)[C@@H]3C(=O)N(c4ccc(F)cc4)C(=O)[C@H]23)cc1. The van der Waals surface area contributed by atoms with Crippen molar-refractivity contribution in [2.24, 2.45) is 11.8 Å². The van der Waals surface area contributed by atoms with Gasteiger partial charge in [-0.3, -0.25) is 19.2 Å². The number of halogens is 1. The van der Waals surface area contributed by atoms with E-state index < -0.39 is 52.7 Å². The van der Waals surface area contributed by atoms with Crippen LogP contribution >= 0.6 is 0 Å². The fourth-order valence-corrected chi connectivity index (χ4v) is 5.42. The number of imide groups is 1. The van der Waals surface area contributed by atoms with Crippen molar-refractivity contribution >= 4 is 29.1 Å². The molecule has 0 aromatic heterocycles. The molecule has 0 bridgehead atoms. The van der Waals surface area contributed by atoms with Crippen LogP contribution in [0.1, 0.15) is 37.9 Å². The van der Waals surface area contributed by atoms with E-state index >= 15 is 0 Å². The highest BCUT2D eigenvalue weighted by Gasteiger charge is 2.74. The first-order valence-corrected chi connectivity index (χ1v) is 10.9. The normalized spacial score (nSPS) is 24.8. The quantitative estimate of drug-likeness (QED) is 0.433. The Balaban J connectivity index is 1.54. The third-order valence-corrected chi connectivity index (χ3v) is 7.01. The molecular formula is C27H18FNO5. The molecule has 1 aliphatic carbocycles. The van der Waals surface area contributed by atoms with Gasteiger partial charge >= 0.3 is 0 Å². The molecule has 2 amide bonds. The van der Waals surface area contributed by atoms with Gasteiger partial charge in [0.2, 0.25) is 29.0 Å². The van der Waals surface area contributed by atoms with Crippen molar-refractivity contribution in [2.45, 2.75) is 18.6 Å². The van der Waals surface area contributed by atoms with Crippen molar-refractivity contribution in [3.05, 3.63) is 101 Å². The van der Waals surface area contributed by atoms with Crippen LogP contribution in [0.3, 0.4) is 0 Å². The van der Waals surface area contributed by atoms with Gasteiger partial charge in [-0.05, 0) is 36.8 Å². The summed E-state index contributed by atoms with van der Waals surface area (Å²) in [5.74, 6) is -5.44. The van der Waals surface area contributed by atoms with Crippen molar-refractivity contribution < 1.29 is 28.3 Å². The van der Waals surface area contributed by atoms with Crippen molar-refractivity contribution in [3.8, 4) is 0 Å². The summed E-state index contributed by atoms with van der Waals surface area (Å²) in [6.07, 6.45) is -0.977. The molecule has 1 spiro atoms. The average molecular weight is 455 g/mol. The molecular weight excluding hydrogens is 437 g/mol. The smallest absolute Gasteiger partial charge is 0.241 e. The van der Waals surface area contributed by atoms with Crippen molar-refractivity contribution in [1.29, 1.82) is 0 Å². The maximum Gasteiger partial charge on any atom is 0.241 e. The number of nitrogens with zero attached hydrogens (tertiary/aromatic N) is 1. The van der Waals surface area contributed by atoms with Crippen LogP contribution in [0.25, 0.3) is 0 Å². The highest BCUT2D eigenvalue weighted by Crippen LogP contribution is 2.57. The maximum atomic E-state index is 13.7. The first-order valence-electron chi connectivity index (χ1n) is 10.9. The molecule has 7 heteroatoms. The fourth-order valence-electron chi connectivity index (χ4n) is 5.42. The Morgan fingerprint density at radius 3 is 1.97 bits per heavy atom. The second-order valence-electron chi connectivity index (χ2n) is 8.88. The Morgan fingerprint density at radius 2 is 1.38 bits per heavy atom. The van der Waals surface area contributed by atoms with E-state index in [1.807, 2.05) is 19.1 Å². The number of anilines is 1. The van der Waals surface area contributed by atoms with Gasteiger partial charge < -0.3 is 4.74 Å². The molecule has 0 radical (unpaired) electrons. The second-order valence-corrected chi connectivity index (χ2v) is 8.88. The van der Waals surface area contributed by atoms with Crippen LogP contribution in [0.4, 0.5) is 10.1 Å². The number of fused-ring (bicyclic) bond motifs is 3. The molecule has 168 valence electrons. The number of hydrogen-bond acceptors (Lipinski definition) is 5. The molecule has 6 nitrogen and oxygen atoms in total. The van der Waals surface area contributed by atoms with Crippen molar-refractivity contribution in [3.63, 3.8) is 0 Å². The van der Waals surface area contributed by atoms with E-state index in [1.54, 1.807) is 24.3 Å². The standard InChI is InChI=1S/C27H18FNO5/c1-14-6-8-15(9-7-14)22-20-21(26(33)29(25(20)32)17-12-10-16(28)11-13-17)27(34-22)23(30)18-4-2-3-5-19(18)24(27)31/h2-13,20-22H,1H3/t20-,21-,22+/m0/s1. The summed E-state index contributed by atoms with van der Waals surface area (Å²) in [6.45, 7) is 1.91. The van der Waals surface area contributed by atoms with E-state index in [1.165, 1.54) is 24.3 Å². The number of carbonyl (C=O) groups is 4. The summed E-state index contributed by atoms with van der Waals surface area (Å²) >= 11 is 0. The van der Waals surface area contributed by atoms with Gasteiger partial charge in [-0.15, -0.1) is 0 Å². The summed E-state index contributed by atoms with van der Waals surface area (Å²) in [4.78, 5) is 55.7. The lowest BCUT2D eigenvalue weighted by Gasteiger charge is -2.27. The van der Waals surface area contributed by atoms with Crippen LogP contribution in [0.15, 0.2) is 72.8 Å². The van der Waals surface area contributed by atoms with Gasteiger partial charge in [0.25, 0.3) is 0 Å². The molecule has 0 unspecified atom stereocenters. The maximum absolute atomic E-state index is 13.7. The molecule has 2 heterocycles. The van der Waals surface area contributed by atoms with Crippen LogP contribution in [0.2, 0.25) is 0 Å². The Morgan fingerprint density at radius 1 is 0.794 bits per heavy atom. The number of carbonyl (C=O) groups excluding carboxylic acids is 4. The van der Waals surface area contributed by atoms with E-state index in [0.717, 1.165) is 22.6 Å². The van der Waals surface area contributed by atoms with Crippen LogP contribution < -0.4 is 4.90 Å². The van der Waals surface area contributed by atoms with Crippen molar-refractivity contribution in [1.82, 2.24) is 0 Å². The van der Waals surface area contributed by atoms with Crippen LogP contribution in [0.5, 0.6) is 0 Å². The van der Waals surface area contributed by atoms with Gasteiger partial charge in [0.05, 0.1) is 23.6 Å². The molecule has 3 aromatic rings. The molecule has 3 aliphatic rings. The first kappa shape index (κ1) is 20.6. The lowest BCUT2D eigenvalue weighted by atomic mass is 9.77. The molecule has 2 saturated heterocycles. The number of ketones is 2. The number of Topliss-reactive ketones (excluding diaryl/α,β-unsaturated/α-hetero) is 2. The summed E-state index contributed by atoms with van der Waals surface area (Å²) in [5.41, 5.74) is -0.0104. The highest BCUT2D eigenvalue weighted by molar-refractivity contribution is 6.37. The van der Waals surface area contributed by atoms with Gasteiger partial charge in [-0.25, -0.2) is 9.29 Å². The number of ether oxygens (including phenoxy) is 1. The van der Waals surface area contributed by atoms with Crippen LogP contribution in [-0.2, 0) is 14.3 Å². The third-order valence-electron chi connectivity index (χ3n) is 7.01. The molecule has 6 rings (SSSR count). The second kappa shape index (κ2) is 7.01. The zero-order valence-corrected chi connectivity index (χ0v) is 18.0. The molecule has 3 aromatic carbocycles. The Kier molecular flexibility index (Phi) is 4.25. The molecule has 3 atom stereocenters. The van der Waals surface area contributed by atoms with E-state index in [0.29, 0.717) is 5.56 Å². The van der Waals surface area contributed by atoms with Gasteiger partial charge in [-0.2, -0.15) is 0 Å². The Bertz CT molecular complexity index is 1360. The minimum Gasteiger partial charge on any atom is -0.349 e. The lowest BCUT2D eigenvalue weighted by molar-refractivity contribution is -0.127. The van der Waals surface area contributed by atoms with Crippen LogP contribution in [0, 0.1) is 24.6 Å². The number of hydrogen-bond donors (Lipinski definition) is 0. The summed E-state index contributed by atoms with van der Waals surface area (Å²) in [6, 6.07) is 18.5. The zero-order chi connectivity index (χ0) is 23.8. The zero-order valence-electron chi connectivity index (χ0n) is 18.0. The number of amides is 2. The van der Waals surface area contributed by atoms with Crippen LogP contribution in [-0.4, -0.2) is 29.0 Å². The molecule has 0 saturated carbocycles. The van der Waals surface area contributed by atoms with E-state index in [4.69, 9.17) is 4.74 Å². The van der Waals surface area contributed by atoms with Gasteiger partial charge in [0.15, 0.2) is 0 Å². The Hall–Kier alpha value is -3.97. The molecule has 2 aliphatic heterocycles. The topological polar surface area (TPSA) is 80.8 Å². The monoisotopic (exact) mass is 455 g/mol. The average Bonchev–Trinajstić information content (AvgIpc) is 3.40. The predicted octanol–water partition coefficient (Wildman–Crippen LogP) is 3.83. The Labute approximate surface area is 193 Å². The predicted molar refractivity (Wildman–Crippen MR) is 119 cm³/mol. The highest BCUT2D eigenvalue weighted by atomic mass is 19.1. The van der Waals surface area contributed by atoms with Gasteiger partial charge in [0.1, 0.15) is 5.82 Å². The molecule has 34 heavy (non-hydrogen) atoms. The first-order chi connectivity index (χ1) is 16.3. The van der Waals surface area contributed by atoms with Crippen molar-refractivity contribution in [2.75, 3.05) is 4.90 Å². The summed E-state index contributed by atoms with van der Waals surface area (Å²) in [5, 5.41) is 0. The molecule has 0 N–H and O–H groups in total. The van der Waals surface area contributed by atoms with E-state index in [-0.39, 0.29) is 16.8 Å². The summed E-state index contributed by atoms with van der Waals surface area (Å²) in [7, 11) is 0. The minimum atomic E-state index is -2.12. The number of rotatable bonds is 2. The number of benzene rings is 3. The fraction of sp³-hybridized carbons (Fsp3) is 0.185. The lowest BCUT2D eigenvalue weighted by Crippen LogP contribution is -2.51. The largest absolute Gasteiger partial charge is 0.349 e. The van der Waals surface area contributed by atoms with E-state index in [9.17, 15) is 23.6 Å². The van der Waals surface area contributed by atoms with E-state index in [2.05, 4.69) is 0 Å². The minimum absolute atomic E-state index is 0.177. The summed E-state index contributed by atoms with van der Waals surface area (Å²) < 4.78 is 19.7. The molecule has 2 fully saturated rings.